The van der Waals surface area contributed by atoms with Gasteiger partial charge in [0.05, 0.1) is 5.69 Å². The first-order valence-electron chi connectivity index (χ1n) is 7.42. The highest BCUT2D eigenvalue weighted by Gasteiger charge is 2.14. The summed E-state index contributed by atoms with van der Waals surface area (Å²) in [5.74, 6) is 0.552. The Hall–Kier alpha value is -2.66. The summed E-state index contributed by atoms with van der Waals surface area (Å²) in [6.07, 6.45) is 1.72. The third-order valence-corrected chi connectivity index (χ3v) is 3.87. The second-order valence-corrected chi connectivity index (χ2v) is 5.77. The zero-order valence-corrected chi connectivity index (χ0v) is 14.1. The van der Waals surface area contributed by atoms with E-state index >= 15 is 0 Å². The van der Waals surface area contributed by atoms with Crippen LogP contribution in [0.2, 0.25) is 0 Å². The molecule has 0 aliphatic heterocycles. The number of hydrogen-bond acceptors (Lipinski definition) is 4. The Balaban J connectivity index is 1.81. The Morgan fingerprint density at radius 2 is 2.00 bits per heavy atom. The molecular formula is C18H16ClN3O2. The molecule has 0 saturated heterocycles. The Bertz CT molecular complexity index is 875. The number of carbonyl (C=O) groups is 1. The first-order valence-corrected chi connectivity index (χ1v) is 7.80. The molecule has 0 amide bonds. The van der Waals surface area contributed by atoms with Gasteiger partial charge in [-0.3, -0.25) is 9.48 Å². The molecule has 6 heteroatoms. The second-order valence-electron chi connectivity index (χ2n) is 5.42. The van der Waals surface area contributed by atoms with Gasteiger partial charge in [-0.15, -0.1) is 0 Å². The van der Waals surface area contributed by atoms with E-state index in [0.717, 1.165) is 22.4 Å². The first-order chi connectivity index (χ1) is 11.5. The van der Waals surface area contributed by atoms with Crippen LogP contribution in [0.4, 0.5) is 0 Å². The monoisotopic (exact) mass is 341 g/mol. The van der Waals surface area contributed by atoms with Gasteiger partial charge in [-0.05, 0) is 35.7 Å². The van der Waals surface area contributed by atoms with Crippen molar-refractivity contribution in [1.82, 2.24) is 14.8 Å². The molecule has 0 spiro atoms. The molecule has 0 fully saturated rings. The van der Waals surface area contributed by atoms with Crippen LogP contribution in [0.1, 0.15) is 21.6 Å². The minimum Gasteiger partial charge on any atom is -0.473 e. The molecule has 1 aromatic carbocycles. The molecule has 0 radical (unpaired) electrons. The Kier molecular flexibility index (Phi) is 4.62. The van der Waals surface area contributed by atoms with Gasteiger partial charge >= 0.3 is 0 Å². The molecule has 24 heavy (non-hydrogen) atoms. The number of ether oxygens (including phenoxy) is 1. The van der Waals surface area contributed by atoms with Gasteiger partial charge in [0.2, 0.25) is 5.88 Å². The van der Waals surface area contributed by atoms with Crippen LogP contribution in [-0.4, -0.2) is 20.0 Å². The molecule has 3 aromatic rings. The molecule has 0 unspecified atom stereocenters. The van der Waals surface area contributed by atoms with E-state index in [2.05, 4.69) is 10.1 Å². The van der Waals surface area contributed by atoms with Crippen molar-refractivity contribution in [3.8, 4) is 17.1 Å². The van der Waals surface area contributed by atoms with Gasteiger partial charge < -0.3 is 4.74 Å². The number of carbonyl (C=O) groups excluding carboxylic acids is 1. The van der Waals surface area contributed by atoms with Crippen LogP contribution in [0.3, 0.4) is 0 Å². The van der Waals surface area contributed by atoms with Crippen molar-refractivity contribution < 1.29 is 9.53 Å². The Labute approximate surface area is 144 Å². The smallest absolute Gasteiger partial charge is 0.272 e. The lowest BCUT2D eigenvalue weighted by atomic mass is 10.1. The van der Waals surface area contributed by atoms with Crippen LogP contribution in [0.5, 0.6) is 5.88 Å². The normalized spacial score (nSPS) is 10.6. The molecule has 0 bridgehead atoms. The molecule has 122 valence electrons. The topological polar surface area (TPSA) is 57.0 Å². The van der Waals surface area contributed by atoms with E-state index in [4.69, 9.17) is 16.3 Å². The highest BCUT2D eigenvalue weighted by atomic mass is 35.5. The van der Waals surface area contributed by atoms with E-state index in [1.165, 1.54) is 0 Å². The van der Waals surface area contributed by atoms with Crippen LogP contribution in [0, 0.1) is 6.92 Å². The summed E-state index contributed by atoms with van der Waals surface area (Å²) in [4.78, 5) is 15.6. The molecule has 2 aromatic heterocycles. The maximum absolute atomic E-state index is 11.3. The summed E-state index contributed by atoms with van der Waals surface area (Å²) in [5, 5.41) is 3.52. The van der Waals surface area contributed by atoms with Gasteiger partial charge in [-0.1, -0.05) is 30.3 Å². The van der Waals surface area contributed by atoms with Crippen molar-refractivity contribution >= 4 is 16.8 Å². The van der Waals surface area contributed by atoms with E-state index in [1.54, 1.807) is 24.0 Å². The van der Waals surface area contributed by atoms with Crippen molar-refractivity contribution in [3.63, 3.8) is 0 Å². The van der Waals surface area contributed by atoms with Crippen LogP contribution in [-0.2, 0) is 13.7 Å². The van der Waals surface area contributed by atoms with Crippen molar-refractivity contribution in [2.45, 2.75) is 13.5 Å². The summed E-state index contributed by atoms with van der Waals surface area (Å²) in [6.45, 7) is 2.42. The summed E-state index contributed by atoms with van der Waals surface area (Å²) in [5.41, 5.74) is 3.93. The van der Waals surface area contributed by atoms with Crippen molar-refractivity contribution in [2.75, 3.05) is 0 Å². The molecule has 5 nitrogen and oxygen atoms in total. The van der Waals surface area contributed by atoms with Gasteiger partial charge in [0.15, 0.2) is 0 Å². The number of pyridine rings is 1. The van der Waals surface area contributed by atoms with Crippen molar-refractivity contribution in [2.24, 2.45) is 7.05 Å². The van der Waals surface area contributed by atoms with Crippen molar-refractivity contribution in [3.05, 3.63) is 65.5 Å². The zero-order valence-electron chi connectivity index (χ0n) is 13.4. The predicted octanol–water partition coefficient (Wildman–Crippen LogP) is 3.75. The standard InChI is InChI=1S/C18H16ClN3O2/c1-12-8-17(24-11-13-6-4-3-5-7-13)20-10-14(12)16-9-15(18(19)23)21-22(16)2/h3-10H,11H2,1-2H3. The Morgan fingerprint density at radius 1 is 1.25 bits per heavy atom. The van der Waals surface area contributed by atoms with Gasteiger partial charge in [0, 0.05) is 24.9 Å². The number of rotatable bonds is 5. The number of nitrogens with zero attached hydrogens (tertiary/aromatic N) is 3. The highest BCUT2D eigenvalue weighted by Crippen LogP contribution is 2.26. The van der Waals surface area contributed by atoms with Crippen LogP contribution >= 0.6 is 11.6 Å². The fourth-order valence-corrected chi connectivity index (χ4v) is 2.52. The summed E-state index contributed by atoms with van der Waals surface area (Å²) in [6, 6.07) is 13.4. The van der Waals surface area contributed by atoms with Gasteiger partial charge in [-0.2, -0.15) is 5.10 Å². The molecule has 2 heterocycles. The van der Waals surface area contributed by atoms with Crippen LogP contribution in [0.25, 0.3) is 11.3 Å². The average molecular weight is 342 g/mol. The number of halogens is 1. The van der Waals surface area contributed by atoms with Gasteiger partial charge in [0.25, 0.3) is 5.24 Å². The predicted molar refractivity (Wildman–Crippen MR) is 92.1 cm³/mol. The fourth-order valence-electron chi connectivity index (χ4n) is 2.42. The number of hydrogen-bond donors (Lipinski definition) is 0. The lowest BCUT2D eigenvalue weighted by molar-refractivity contribution is 0.107. The van der Waals surface area contributed by atoms with Gasteiger partial charge in [-0.25, -0.2) is 4.98 Å². The minimum absolute atomic E-state index is 0.220. The average Bonchev–Trinajstić information content (AvgIpc) is 2.96. The molecule has 0 N–H and O–H groups in total. The number of benzene rings is 1. The first kappa shape index (κ1) is 16.2. The number of aromatic nitrogens is 3. The van der Waals surface area contributed by atoms with E-state index < -0.39 is 5.24 Å². The summed E-state index contributed by atoms with van der Waals surface area (Å²) < 4.78 is 7.34. The molecule has 0 aliphatic carbocycles. The third kappa shape index (κ3) is 3.46. The second kappa shape index (κ2) is 6.84. The molecule has 0 aliphatic rings. The molecule has 0 atom stereocenters. The zero-order chi connectivity index (χ0) is 17.1. The molecular weight excluding hydrogens is 326 g/mol. The Morgan fingerprint density at radius 3 is 2.62 bits per heavy atom. The van der Waals surface area contributed by atoms with Crippen LogP contribution in [0.15, 0.2) is 48.7 Å². The van der Waals surface area contributed by atoms with Crippen molar-refractivity contribution in [1.29, 1.82) is 0 Å². The molecule has 0 saturated carbocycles. The van der Waals surface area contributed by atoms with E-state index in [-0.39, 0.29) is 5.69 Å². The lowest BCUT2D eigenvalue weighted by Crippen LogP contribution is -2.00. The third-order valence-electron chi connectivity index (χ3n) is 3.67. The highest BCUT2D eigenvalue weighted by molar-refractivity contribution is 6.67. The number of aryl methyl sites for hydroxylation is 2. The minimum atomic E-state index is -0.578. The van der Waals surface area contributed by atoms with E-state index in [9.17, 15) is 4.79 Å². The largest absolute Gasteiger partial charge is 0.473 e. The van der Waals surface area contributed by atoms with Gasteiger partial charge in [0.1, 0.15) is 12.3 Å². The lowest BCUT2D eigenvalue weighted by Gasteiger charge is -2.09. The fraction of sp³-hybridized carbons (Fsp3) is 0.167. The maximum atomic E-state index is 11.3. The van der Waals surface area contributed by atoms with Crippen LogP contribution < -0.4 is 4.74 Å². The summed E-state index contributed by atoms with van der Waals surface area (Å²) in [7, 11) is 1.76. The SMILES string of the molecule is Cc1cc(OCc2ccccc2)ncc1-c1cc(C(=O)Cl)nn1C. The summed E-state index contributed by atoms with van der Waals surface area (Å²) >= 11 is 5.49. The molecule has 3 rings (SSSR count). The van der Waals surface area contributed by atoms with E-state index in [0.29, 0.717) is 12.5 Å². The van der Waals surface area contributed by atoms with E-state index in [1.807, 2.05) is 43.3 Å². The quantitative estimate of drug-likeness (QED) is 0.663. The maximum Gasteiger partial charge on any atom is 0.272 e.